The van der Waals surface area contributed by atoms with Crippen molar-refractivity contribution in [1.82, 2.24) is 0 Å². The molecule has 3 N–H and O–H groups in total. The molecule has 0 heterocycles. The molecule has 0 aliphatic carbocycles. The van der Waals surface area contributed by atoms with Gasteiger partial charge in [0, 0.05) is 18.4 Å². The number of anilines is 2. The first kappa shape index (κ1) is 16.3. The Morgan fingerprint density at radius 3 is 2.80 bits per heavy atom. The van der Waals surface area contributed by atoms with Gasteiger partial charge in [-0.25, -0.2) is 0 Å². The van der Waals surface area contributed by atoms with Gasteiger partial charge in [-0.15, -0.1) is 0 Å². The fourth-order valence-electron chi connectivity index (χ4n) is 1.79. The number of hydrogen-bond donors (Lipinski definition) is 2. The van der Waals surface area contributed by atoms with Crippen molar-refractivity contribution < 1.29 is 14.3 Å². The predicted octanol–water partition coefficient (Wildman–Crippen LogP) is 2.81. The second-order valence-corrected chi connectivity index (χ2v) is 4.62. The standard InChI is InChI=1S/C15H24N2O3/c1-3-4-5-6-9-20-11-15(18)17-13-8-7-12(16)10-14(13)19-2/h7-8,10H,3-6,9,11,16H2,1-2H3,(H,17,18). The zero-order valence-electron chi connectivity index (χ0n) is 12.3. The summed E-state index contributed by atoms with van der Waals surface area (Å²) in [6, 6.07) is 5.10. The second-order valence-electron chi connectivity index (χ2n) is 4.62. The van der Waals surface area contributed by atoms with Crippen LogP contribution in [0.3, 0.4) is 0 Å². The minimum atomic E-state index is -0.191. The molecular formula is C15H24N2O3. The topological polar surface area (TPSA) is 73.6 Å². The zero-order valence-corrected chi connectivity index (χ0v) is 12.3. The van der Waals surface area contributed by atoms with Crippen molar-refractivity contribution in [1.29, 1.82) is 0 Å². The van der Waals surface area contributed by atoms with E-state index in [1.165, 1.54) is 20.0 Å². The summed E-state index contributed by atoms with van der Waals surface area (Å²) in [4.78, 5) is 11.7. The van der Waals surface area contributed by atoms with Gasteiger partial charge >= 0.3 is 0 Å². The van der Waals surface area contributed by atoms with Gasteiger partial charge in [-0.1, -0.05) is 26.2 Å². The molecule has 0 fully saturated rings. The summed E-state index contributed by atoms with van der Waals surface area (Å²) in [6.45, 7) is 2.83. The molecule has 0 bridgehead atoms. The summed E-state index contributed by atoms with van der Waals surface area (Å²) in [5.74, 6) is 0.352. The maximum absolute atomic E-state index is 11.7. The van der Waals surface area contributed by atoms with Crippen LogP contribution >= 0.6 is 0 Å². The summed E-state index contributed by atoms with van der Waals surface area (Å²) in [5, 5.41) is 2.75. The van der Waals surface area contributed by atoms with E-state index in [1.807, 2.05) is 0 Å². The number of benzene rings is 1. The molecule has 0 radical (unpaired) electrons. The largest absolute Gasteiger partial charge is 0.494 e. The van der Waals surface area contributed by atoms with Crippen LogP contribution in [0.25, 0.3) is 0 Å². The van der Waals surface area contributed by atoms with Crippen LogP contribution in [-0.4, -0.2) is 26.2 Å². The van der Waals surface area contributed by atoms with E-state index in [1.54, 1.807) is 18.2 Å². The van der Waals surface area contributed by atoms with Crippen molar-refractivity contribution in [2.24, 2.45) is 0 Å². The van der Waals surface area contributed by atoms with Gasteiger partial charge in [0.15, 0.2) is 0 Å². The first-order valence-corrected chi connectivity index (χ1v) is 6.98. The Kier molecular flexibility index (Phi) is 7.50. The number of hydrogen-bond acceptors (Lipinski definition) is 4. The average molecular weight is 280 g/mol. The van der Waals surface area contributed by atoms with Crippen molar-refractivity contribution in [2.45, 2.75) is 32.6 Å². The zero-order chi connectivity index (χ0) is 14.8. The highest BCUT2D eigenvalue weighted by molar-refractivity contribution is 5.93. The van der Waals surface area contributed by atoms with Crippen molar-refractivity contribution >= 4 is 17.3 Å². The number of unbranched alkanes of at least 4 members (excludes halogenated alkanes) is 3. The number of ether oxygens (including phenoxy) is 2. The molecule has 1 aromatic rings. The molecular weight excluding hydrogens is 256 g/mol. The monoisotopic (exact) mass is 280 g/mol. The number of methoxy groups -OCH3 is 1. The molecule has 0 saturated heterocycles. The van der Waals surface area contributed by atoms with E-state index in [4.69, 9.17) is 15.2 Å². The highest BCUT2D eigenvalue weighted by atomic mass is 16.5. The molecule has 0 unspecified atom stereocenters. The average Bonchev–Trinajstić information content (AvgIpc) is 2.44. The lowest BCUT2D eigenvalue weighted by Gasteiger charge is -2.11. The number of carbonyl (C=O) groups excluding carboxylic acids is 1. The minimum Gasteiger partial charge on any atom is -0.494 e. The van der Waals surface area contributed by atoms with Gasteiger partial charge in [0.1, 0.15) is 12.4 Å². The number of amides is 1. The lowest BCUT2D eigenvalue weighted by atomic mass is 10.2. The Labute approximate surface area is 120 Å². The van der Waals surface area contributed by atoms with Gasteiger partial charge in [0.25, 0.3) is 0 Å². The van der Waals surface area contributed by atoms with E-state index in [9.17, 15) is 4.79 Å². The number of carbonyl (C=O) groups is 1. The van der Waals surface area contributed by atoms with Crippen LogP contribution < -0.4 is 15.8 Å². The smallest absolute Gasteiger partial charge is 0.250 e. The predicted molar refractivity (Wildman–Crippen MR) is 81.0 cm³/mol. The van der Waals surface area contributed by atoms with Crippen LogP contribution in [0.4, 0.5) is 11.4 Å². The summed E-state index contributed by atoms with van der Waals surface area (Å²) in [5.41, 5.74) is 6.84. The van der Waals surface area contributed by atoms with E-state index in [0.29, 0.717) is 23.7 Å². The number of nitrogens with two attached hydrogens (primary N) is 1. The van der Waals surface area contributed by atoms with Gasteiger partial charge in [0.2, 0.25) is 5.91 Å². The van der Waals surface area contributed by atoms with E-state index >= 15 is 0 Å². The van der Waals surface area contributed by atoms with Crippen LogP contribution in [0.2, 0.25) is 0 Å². The van der Waals surface area contributed by atoms with Gasteiger partial charge < -0.3 is 20.5 Å². The second kappa shape index (κ2) is 9.20. The molecule has 0 aromatic heterocycles. The van der Waals surface area contributed by atoms with E-state index < -0.39 is 0 Å². The minimum absolute atomic E-state index is 0.0552. The Morgan fingerprint density at radius 2 is 2.10 bits per heavy atom. The van der Waals surface area contributed by atoms with Crippen LogP contribution in [0.15, 0.2) is 18.2 Å². The molecule has 0 aliphatic heterocycles. The summed E-state index contributed by atoms with van der Waals surface area (Å²) >= 11 is 0. The molecule has 112 valence electrons. The van der Waals surface area contributed by atoms with Gasteiger partial charge in [-0.3, -0.25) is 4.79 Å². The Morgan fingerprint density at radius 1 is 1.30 bits per heavy atom. The third-order valence-corrected chi connectivity index (χ3v) is 2.88. The van der Waals surface area contributed by atoms with Gasteiger partial charge in [-0.05, 0) is 18.6 Å². The lowest BCUT2D eigenvalue weighted by Crippen LogP contribution is -2.19. The molecule has 0 aliphatic rings. The van der Waals surface area contributed by atoms with Crippen molar-refractivity contribution in [3.63, 3.8) is 0 Å². The molecule has 0 spiro atoms. The molecule has 1 aromatic carbocycles. The van der Waals surface area contributed by atoms with Crippen LogP contribution in [0.1, 0.15) is 32.6 Å². The Bertz CT molecular complexity index is 422. The number of rotatable bonds is 9. The first-order chi connectivity index (χ1) is 9.67. The SMILES string of the molecule is CCCCCCOCC(=O)Nc1ccc(N)cc1OC. The summed E-state index contributed by atoms with van der Waals surface area (Å²) < 4.78 is 10.5. The van der Waals surface area contributed by atoms with E-state index in [-0.39, 0.29) is 12.5 Å². The normalized spacial score (nSPS) is 10.3. The van der Waals surface area contributed by atoms with Crippen LogP contribution in [0, 0.1) is 0 Å². The molecule has 0 atom stereocenters. The van der Waals surface area contributed by atoms with Crippen LogP contribution in [0.5, 0.6) is 5.75 Å². The summed E-state index contributed by atoms with van der Waals surface area (Å²) in [7, 11) is 1.54. The van der Waals surface area contributed by atoms with E-state index in [2.05, 4.69) is 12.2 Å². The molecule has 1 rings (SSSR count). The number of nitrogens with one attached hydrogen (secondary N) is 1. The molecule has 5 heteroatoms. The van der Waals surface area contributed by atoms with Crippen molar-refractivity contribution in [3.05, 3.63) is 18.2 Å². The highest BCUT2D eigenvalue weighted by Gasteiger charge is 2.07. The highest BCUT2D eigenvalue weighted by Crippen LogP contribution is 2.26. The fourth-order valence-corrected chi connectivity index (χ4v) is 1.79. The molecule has 20 heavy (non-hydrogen) atoms. The van der Waals surface area contributed by atoms with E-state index in [0.717, 1.165) is 12.8 Å². The van der Waals surface area contributed by atoms with Crippen molar-refractivity contribution in [2.75, 3.05) is 31.4 Å². The summed E-state index contributed by atoms with van der Waals surface area (Å²) in [6.07, 6.45) is 4.53. The number of nitrogen functional groups attached to an aromatic ring is 1. The van der Waals surface area contributed by atoms with Gasteiger partial charge in [-0.2, -0.15) is 0 Å². The maximum atomic E-state index is 11.7. The van der Waals surface area contributed by atoms with Crippen molar-refractivity contribution in [3.8, 4) is 5.75 Å². The quantitative estimate of drug-likeness (QED) is 0.539. The molecule has 0 saturated carbocycles. The lowest BCUT2D eigenvalue weighted by molar-refractivity contribution is -0.120. The van der Waals surface area contributed by atoms with Crippen LogP contribution in [-0.2, 0) is 9.53 Å². The third-order valence-electron chi connectivity index (χ3n) is 2.88. The first-order valence-electron chi connectivity index (χ1n) is 6.98. The maximum Gasteiger partial charge on any atom is 0.250 e. The molecule has 1 amide bonds. The Balaban J connectivity index is 2.32. The third kappa shape index (κ3) is 5.93. The van der Waals surface area contributed by atoms with Gasteiger partial charge in [0.05, 0.1) is 12.8 Å². The molecule has 5 nitrogen and oxygen atoms in total. The Hall–Kier alpha value is -1.75. The fraction of sp³-hybridized carbons (Fsp3) is 0.533.